The smallest absolute Gasteiger partial charge is 0.284 e. The van der Waals surface area contributed by atoms with Crippen LogP contribution in [0.2, 0.25) is 0 Å². The Balaban J connectivity index is 2.82. The third kappa shape index (κ3) is 3.04. The molecule has 0 aliphatic carbocycles. The molecule has 0 aromatic heterocycles. The SMILES string of the molecule is O=S(O)OC(Cl)c1ccccc1F. The van der Waals surface area contributed by atoms with Gasteiger partial charge in [0, 0.05) is 5.56 Å². The lowest BCUT2D eigenvalue weighted by Crippen LogP contribution is -2.01. The minimum Gasteiger partial charge on any atom is -0.284 e. The van der Waals surface area contributed by atoms with E-state index >= 15 is 0 Å². The summed E-state index contributed by atoms with van der Waals surface area (Å²) in [5, 5.41) is 0. The van der Waals surface area contributed by atoms with Gasteiger partial charge in [-0.25, -0.2) is 8.57 Å². The van der Waals surface area contributed by atoms with Gasteiger partial charge in [-0.1, -0.05) is 29.8 Å². The molecular weight excluding hydrogens is 219 g/mol. The molecule has 0 radical (unpaired) electrons. The van der Waals surface area contributed by atoms with Gasteiger partial charge in [-0.05, 0) is 6.07 Å². The van der Waals surface area contributed by atoms with Crippen molar-refractivity contribution in [2.75, 3.05) is 0 Å². The van der Waals surface area contributed by atoms with Gasteiger partial charge in [0.05, 0.1) is 0 Å². The van der Waals surface area contributed by atoms with E-state index in [0.717, 1.165) is 0 Å². The number of rotatable bonds is 3. The molecule has 3 nitrogen and oxygen atoms in total. The first-order valence-electron chi connectivity index (χ1n) is 3.27. The first-order valence-corrected chi connectivity index (χ1v) is 4.74. The van der Waals surface area contributed by atoms with E-state index in [1.165, 1.54) is 18.2 Å². The maximum absolute atomic E-state index is 12.9. The Hall–Kier alpha value is -0.490. The molecule has 2 unspecified atom stereocenters. The van der Waals surface area contributed by atoms with E-state index in [-0.39, 0.29) is 5.56 Å². The minimum absolute atomic E-state index is 0.0339. The molecular formula is C7H6ClFO3S. The van der Waals surface area contributed by atoms with Crippen molar-refractivity contribution in [3.8, 4) is 0 Å². The molecule has 72 valence electrons. The second-order valence-corrected chi connectivity index (χ2v) is 3.17. The summed E-state index contributed by atoms with van der Waals surface area (Å²) in [5.41, 5.74) is -1.22. The fraction of sp³-hybridized carbons (Fsp3) is 0.143. The summed E-state index contributed by atoms with van der Waals surface area (Å²) in [4.78, 5) is 0. The van der Waals surface area contributed by atoms with E-state index in [1.807, 2.05) is 0 Å². The fourth-order valence-corrected chi connectivity index (χ4v) is 1.40. The molecule has 0 fully saturated rings. The largest absolute Gasteiger partial charge is 0.303 e. The number of hydrogen-bond acceptors (Lipinski definition) is 2. The molecule has 6 heteroatoms. The fourth-order valence-electron chi connectivity index (χ4n) is 0.783. The van der Waals surface area contributed by atoms with Gasteiger partial charge >= 0.3 is 11.4 Å². The molecule has 2 atom stereocenters. The molecule has 0 saturated heterocycles. The van der Waals surface area contributed by atoms with Crippen molar-refractivity contribution in [2.45, 2.75) is 5.56 Å². The highest BCUT2D eigenvalue weighted by atomic mass is 35.5. The number of benzene rings is 1. The maximum atomic E-state index is 12.9. The lowest BCUT2D eigenvalue weighted by Gasteiger charge is -2.07. The van der Waals surface area contributed by atoms with Crippen LogP contribution in [-0.2, 0) is 15.5 Å². The van der Waals surface area contributed by atoms with Crippen LogP contribution in [0.15, 0.2) is 24.3 Å². The highest BCUT2D eigenvalue weighted by Crippen LogP contribution is 2.24. The van der Waals surface area contributed by atoms with Crippen LogP contribution in [0.25, 0.3) is 0 Å². The zero-order valence-electron chi connectivity index (χ0n) is 6.31. The van der Waals surface area contributed by atoms with E-state index in [1.54, 1.807) is 6.07 Å². The Kier molecular flexibility index (Phi) is 3.80. The first-order chi connectivity index (χ1) is 6.11. The van der Waals surface area contributed by atoms with Gasteiger partial charge in [0.1, 0.15) is 5.82 Å². The molecule has 1 aromatic rings. The topological polar surface area (TPSA) is 46.5 Å². The third-order valence-corrected chi connectivity index (χ3v) is 2.10. The first kappa shape index (κ1) is 10.6. The zero-order chi connectivity index (χ0) is 9.84. The normalized spacial score (nSPS) is 15.3. The maximum Gasteiger partial charge on any atom is 0.303 e. The molecule has 0 saturated carbocycles. The van der Waals surface area contributed by atoms with Gasteiger partial charge in [-0.15, -0.1) is 0 Å². The van der Waals surface area contributed by atoms with E-state index in [4.69, 9.17) is 16.2 Å². The third-order valence-electron chi connectivity index (χ3n) is 1.32. The lowest BCUT2D eigenvalue weighted by molar-refractivity contribution is 0.277. The molecule has 0 spiro atoms. The van der Waals surface area contributed by atoms with Gasteiger partial charge in [-0.3, -0.25) is 4.55 Å². The van der Waals surface area contributed by atoms with Crippen LogP contribution in [0.3, 0.4) is 0 Å². The summed E-state index contributed by atoms with van der Waals surface area (Å²) in [5.74, 6) is -0.576. The standard InChI is InChI=1S/C7H6ClFO3S/c8-7(12-13(10)11)5-3-1-2-4-6(5)9/h1-4,7H,(H,10,11). The van der Waals surface area contributed by atoms with Crippen molar-refractivity contribution >= 4 is 23.0 Å². The molecule has 1 aromatic carbocycles. The summed E-state index contributed by atoms with van der Waals surface area (Å²) in [6.07, 6.45) is 0. The van der Waals surface area contributed by atoms with Gasteiger partial charge < -0.3 is 0 Å². The lowest BCUT2D eigenvalue weighted by atomic mass is 10.2. The molecule has 1 rings (SSSR count). The number of hydrogen-bond donors (Lipinski definition) is 1. The van der Waals surface area contributed by atoms with E-state index < -0.39 is 22.7 Å². The van der Waals surface area contributed by atoms with Crippen LogP contribution in [-0.4, -0.2) is 8.76 Å². The predicted molar refractivity (Wildman–Crippen MR) is 46.9 cm³/mol. The Morgan fingerprint density at radius 1 is 1.54 bits per heavy atom. The summed E-state index contributed by atoms with van der Waals surface area (Å²) in [6.45, 7) is 0. The molecule has 1 N–H and O–H groups in total. The average Bonchev–Trinajstić information content (AvgIpc) is 2.03. The van der Waals surface area contributed by atoms with Crippen LogP contribution < -0.4 is 0 Å². The Morgan fingerprint density at radius 3 is 2.69 bits per heavy atom. The van der Waals surface area contributed by atoms with E-state index in [0.29, 0.717) is 0 Å². The van der Waals surface area contributed by atoms with Gasteiger partial charge in [0.15, 0.2) is 5.56 Å². The number of alkyl halides is 1. The quantitative estimate of drug-likeness (QED) is 0.633. The van der Waals surface area contributed by atoms with Gasteiger partial charge in [-0.2, -0.15) is 4.21 Å². The Labute approximate surface area is 82.0 Å². The highest BCUT2D eigenvalue weighted by molar-refractivity contribution is 7.74. The van der Waals surface area contributed by atoms with Crippen molar-refractivity contribution < 1.29 is 17.3 Å². The Bertz CT molecular complexity index is 320. The minimum atomic E-state index is -2.50. The summed E-state index contributed by atoms with van der Waals surface area (Å²) >= 11 is 2.99. The number of halogens is 2. The Morgan fingerprint density at radius 2 is 2.15 bits per heavy atom. The van der Waals surface area contributed by atoms with Crippen LogP contribution in [0.5, 0.6) is 0 Å². The van der Waals surface area contributed by atoms with Crippen LogP contribution in [0, 0.1) is 5.82 Å². The van der Waals surface area contributed by atoms with Gasteiger partial charge in [0.2, 0.25) is 0 Å². The molecule has 0 bridgehead atoms. The predicted octanol–water partition coefficient (Wildman–Crippen LogP) is 2.22. The van der Waals surface area contributed by atoms with Gasteiger partial charge in [0.25, 0.3) is 0 Å². The van der Waals surface area contributed by atoms with Crippen molar-refractivity contribution in [1.29, 1.82) is 0 Å². The second kappa shape index (κ2) is 4.66. The van der Waals surface area contributed by atoms with Crippen molar-refractivity contribution in [3.63, 3.8) is 0 Å². The highest BCUT2D eigenvalue weighted by Gasteiger charge is 2.14. The monoisotopic (exact) mass is 224 g/mol. The van der Waals surface area contributed by atoms with Crippen LogP contribution in [0.4, 0.5) is 4.39 Å². The summed E-state index contributed by atoms with van der Waals surface area (Å²) in [7, 11) is 0. The van der Waals surface area contributed by atoms with Crippen molar-refractivity contribution in [2.24, 2.45) is 0 Å². The molecule has 0 aliphatic rings. The average molecular weight is 225 g/mol. The molecule has 0 heterocycles. The van der Waals surface area contributed by atoms with Crippen LogP contribution in [0.1, 0.15) is 11.1 Å². The second-order valence-electron chi connectivity index (χ2n) is 2.15. The van der Waals surface area contributed by atoms with Crippen LogP contribution >= 0.6 is 11.6 Å². The molecule has 0 amide bonds. The molecule has 13 heavy (non-hydrogen) atoms. The van der Waals surface area contributed by atoms with Crippen molar-refractivity contribution in [3.05, 3.63) is 35.6 Å². The summed E-state index contributed by atoms with van der Waals surface area (Å²) in [6, 6.07) is 5.60. The zero-order valence-corrected chi connectivity index (χ0v) is 7.89. The summed E-state index contributed by atoms with van der Waals surface area (Å²) < 4.78 is 35.7. The molecule has 0 aliphatic heterocycles. The van der Waals surface area contributed by atoms with Crippen molar-refractivity contribution in [1.82, 2.24) is 0 Å². The van der Waals surface area contributed by atoms with E-state index in [2.05, 4.69) is 4.18 Å². The van der Waals surface area contributed by atoms with E-state index in [9.17, 15) is 8.60 Å².